The monoisotopic (exact) mass is 437 g/mol. The topological polar surface area (TPSA) is 78.5 Å². The first kappa shape index (κ1) is 20.9. The highest BCUT2D eigenvalue weighted by Gasteiger charge is 2.14. The molecule has 0 spiro atoms. The molecule has 0 fully saturated rings. The van der Waals surface area contributed by atoms with Gasteiger partial charge in [-0.25, -0.2) is 9.97 Å². The lowest BCUT2D eigenvalue weighted by atomic mass is 10.2. The Morgan fingerprint density at radius 1 is 0.935 bits per heavy atom. The summed E-state index contributed by atoms with van der Waals surface area (Å²) in [5, 5.41) is 0. The zero-order valence-corrected chi connectivity index (χ0v) is 18.4. The van der Waals surface area contributed by atoms with Crippen LogP contribution in [0, 0.1) is 0 Å². The number of benzene rings is 2. The first-order chi connectivity index (χ1) is 15.2. The number of para-hydroxylation sites is 1. The molecule has 7 nitrogen and oxygen atoms in total. The van der Waals surface area contributed by atoms with E-state index in [1.54, 1.807) is 39.3 Å². The number of pyridine rings is 1. The minimum absolute atomic E-state index is 0.490. The molecule has 0 aliphatic heterocycles. The maximum Gasteiger partial charge on any atom is 0.178 e. The van der Waals surface area contributed by atoms with Crippen LogP contribution in [-0.4, -0.2) is 48.6 Å². The Labute approximate surface area is 184 Å². The van der Waals surface area contributed by atoms with Crippen LogP contribution < -0.4 is 18.9 Å². The van der Waals surface area contributed by atoms with Gasteiger partial charge in [-0.15, -0.1) is 11.8 Å². The third-order valence-electron chi connectivity index (χ3n) is 4.67. The van der Waals surface area contributed by atoms with Crippen molar-refractivity contribution < 1.29 is 18.9 Å². The molecular weight excluding hydrogens is 414 g/mol. The number of hydrogen-bond donors (Lipinski definition) is 1. The van der Waals surface area contributed by atoms with E-state index in [1.807, 2.05) is 48.5 Å². The lowest BCUT2D eigenvalue weighted by Gasteiger charge is -2.14. The molecule has 0 saturated heterocycles. The van der Waals surface area contributed by atoms with Gasteiger partial charge in [0.2, 0.25) is 0 Å². The lowest BCUT2D eigenvalue weighted by molar-refractivity contribution is 0.340. The van der Waals surface area contributed by atoms with Crippen LogP contribution in [0.3, 0.4) is 0 Å². The average molecular weight is 438 g/mol. The Bertz CT molecular complexity index is 1150. The molecule has 0 atom stereocenters. The van der Waals surface area contributed by atoms with Crippen molar-refractivity contribution in [3.05, 3.63) is 54.7 Å². The van der Waals surface area contributed by atoms with Crippen molar-refractivity contribution in [3.8, 4) is 34.4 Å². The highest BCUT2D eigenvalue weighted by Crippen LogP contribution is 2.37. The Kier molecular flexibility index (Phi) is 6.47. The van der Waals surface area contributed by atoms with Gasteiger partial charge in [0.1, 0.15) is 17.3 Å². The van der Waals surface area contributed by atoms with Crippen molar-refractivity contribution in [1.29, 1.82) is 0 Å². The molecule has 8 heteroatoms. The van der Waals surface area contributed by atoms with E-state index >= 15 is 0 Å². The van der Waals surface area contributed by atoms with Gasteiger partial charge < -0.3 is 23.9 Å². The van der Waals surface area contributed by atoms with Crippen LogP contribution >= 0.6 is 11.8 Å². The van der Waals surface area contributed by atoms with Crippen LogP contribution in [0.2, 0.25) is 0 Å². The number of rotatable bonds is 9. The number of nitrogens with one attached hydrogen (secondary N) is 1. The third-order valence-corrected chi connectivity index (χ3v) is 5.67. The predicted octanol–water partition coefficient (Wildman–Crippen LogP) is 4.82. The van der Waals surface area contributed by atoms with Gasteiger partial charge in [-0.05, 0) is 36.4 Å². The molecule has 0 bridgehead atoms. The maximum absolute atomic E-state index is 6.13. The van der Waals surface area contributed by atoms with Gasteiger partial charge >= 0.3 is 0 Å². The van der Waals surface area contributed by atoms with Crippen molar-refractivity contribution in [2.75, 3.05) is 33.7 Å². The fourth-order valence-electron chi connectivity index (χ4n) is 3.19. The fourth-order valence-corrected chi connectivity index (χ4v) is 4.07. The Balaban J connectivity index is 1.51. The van der Waals surface area contributed by atoms with E-state index in [2.05, 4.69) is 15.0 Å². The van der Waals surface area contributed by atoms with Crippen LogP contribution in [0.4, 0.5) is 0 Å². The molecule has 1 N–H and O–H groups in total. The standard InChI is InChI=1S/C23H23N3O4S/c1-27-15-9-10-16(22-25-17-6-5-11-24-23(17)26-22)19(14-15)30-12-13-31-20-8-4-7-18(28-2)21(20)29-3/h4-11,14H,12-13H2,1-3H3,(H,24,25,26). The van der Waals surface area contributed by atoms with Crippen molar-refractivity contribution in [2.45, 2.75) is 4.90 Å². The summed E-state index contributed by atoms with van der Waals surface area (Å²) in [5.74, 6) is 4.27. The zero-order valence-electron chi connectivity index (χ0n) is 17.5. The lowest BCUT2D eigenvalue weighted by Crippen LogP contribution is -2.02. The number of aromatic nitrogens is 3. The predicted molar refractivity (Wildman–Crippen MR) is 122 cm³/mol. The van der Waals surface area contributed by atoms with E-state index in [0.717, 1.165) is 33.2 Å². The van der Waals surface area contributed by atoms with Gasteiger partial charge in [0.25, 0.3) is 0 Å². The van der Waals surface area contributed by atoms with Gasteiger partial charge in [-0.3, -0.25) is 0 Å². The average Bonchev–Trinajstić information content (AvgIpc) is 3.25. The van der Waals surface area contributed by atoms with E-state index in [4.69, 9.17) is 18.9 Å². The van der Waals surface area contributed by atoms with Gasteiger partial charge in [0.15, 0.2) is 17.1 Å². The van der Waals surface area contributed by atoms with E-state index in [9.17, 15) is 0 Å². The van der Waals surface area contributed by atoms with Gasteiger partial charge in [0.05, 0.1) is 43.9 Å². The van der Waals surface area contributed by atoms with Gasteiger partial charge in [0, 0.05) is 18.0 Å². The first-order valence-electron chi connectivity index (χ1n) is 9.69. The van der Waals surface area contributed by atoms with Gasteiger partial charge in [-0.1, -0.05) is 6.07 Å². The molecular formula is C23H23N3O4S. The van der Waals surface area contributed by atoms with E-state index in [1.165, 1.54) is 0 Å². The van der Waals surface area contributed by atoms with Crippen LogP contribution in [-0.2, 0) is 0 Å². The van der Waals surface area contributed by atoms with Crippen LogP contribution in [0.1, 0.15) is 0 Å². The molecule has 4 rings (SSSR count). The summed E-state index contributed by atoms with van der Waals surface area (Å²) in [6.07, 6.45) is 1.72. The molecule has 2 aromatic carbocycles. The maximum atomic E-state index is 6.13. The number of ether oxygens (including phenoxy) is 4. The number of H-pyrrole nitrogens is 1. The number of thioether (sulfide) groups is 1. The number of imidazole rings is 1. The number of fused-ring (bicyclic) bond motifs is 1. The first-order valence-corrected chi connectivity index (χ1v) is 10.7. The van der Waals surface area contributed by atoms with Crippen molar-refractivity contribution in [1.82, 2.24) is 15.0 Å². The Morgan fingerprint density at radius 2 is 1.84 bits per heavy atom. The molecule has 31 heavy (non-hydrogen) atoms. The van der Waals surface area contributed by atoms with E-state index < -0.39 is 0 Å². The molecule has 4 aromatic rings. The Morgan fingerprint density at radius 3 is 2.61 bits per heavy atom. The summed E-state index contributed by atoms with van der Waals surface area (Å²) < 4.78 is 22.4. The number of methoxy groups -OCH3 is 3. The van der Waals surface area contributed by atoms with E-state index in [0.29, 0.717) is 29.6 Å². The van der Waals surface area contributed by atoms with Crippen molar-refractivity contribution in [2.24, 2.45) is 0 Å². The molecule has 0 radical (unpaired) electrons. The summed E-state index contributed by atoms with van der Waals surface area (Å²) in [7, 11) is 4.91. The number of aromatic amines is 1. The molecule has 0 amide bonds. The summed E-state index contributed by atoms with van der Waals surface area (Å²) in [6.45, 7) is 0.490. The molecule has 0 unspecified atom stereocenters. The van der Waals surface area contributed by atoms with Crippen LogP contribution in [0.5, 0.6) is 23.0 Å². The molecule has 2 heterocycles. The van der Waals surface area contributed by atoms with Crippen LogP contribution in [0.15, 0.2) is 59.6 Å². The quantitative estimate of drug-likeness (QED) is 0.297. The summed E-state index contributed by atoms with van der Waals surface area (Å²) in [5.41, 5.74) is 2.39. The fraction of sp³-hybridized carbons (Fsp3) is 0.217. The summed E-state index contributed by atoms with van der Waals surface area (Å²) in [4.78, 5) is 13.2. The highest BCUT2D eigenvalue weighted by molar-refractivity contribution is 7.99. The number of nitrogens with zero attached hydrogens (tertiary/aromatic N) is 2. The minimum atomic E-state index is 0.490. The Hall–Kier alpha value is -3.39. The van der Waals surface area contributed by atoms with Crippen molar-refractivity contribution in [3.63, 3.8) is 0 Å². The zero-order chi connectivity index (χ0) is 21.6. The smallest absolute Gasteiger partial charge is 0.178 e. The van der Waals surface area contributed by atoms with Crippen molar-refractivity contribution >= 4 is 22.9 Å². The van der Waals surface area contributed by atoms with Crippen LogP contribution in [0.25, 0.3) is 22.6 Å². The second kappa shape index (κ2) is 9.61. The second-order valence-corrected chi connectivity index (χ2v) is 7.65. The normalized spacial score (nSPS) is 10.8. The minimum Gasteiger partial charge on any atom is -0.497 e. The van der Waals surface area contributed by atoms with Gasteiger partial charge in [-0.2, -0.15) is 0 Å². The summed E-state index contributed by atoms with van der Waals surface area (Å²) >= 11 is 1.64. The second-order valence-electron chi connectivity index (χ2n) is 6.51. The largest absolute Gasteiger partial charge is 0.497 e. The molecule has 0 aliphatic rings. The molecule has 160 valence electrons. The molecule has 0 saturated carbocycles. The molecule has 2 aromatic heterocycles. The third kappa shape index (κ3) is 4.54. The SMILES string of the molecule is COc1ccc(-c2nc3ncccc3[nH]2)c(OCCSc2cccc(OC)c2OC)c1. The molecule has 0 aliphatic carbocycles. The van der Waals surface area contributed by atoms with E-state index in [-0.39, 0.29) is 0 Å². The summed E-state index contributed by atoms with van der Waals surface area (Å²) in [6, 6.07) is 15.3. The highest BCUT2D eigenvalue weighted by atomic mass is 32.2. The number of hydrogen-bond acceptors (Lipinski definition) is 7.